The molecule has 0 fully saturated rings. The quantitative estimate of drug-likeness (QED) is 0.684. The summed E-state index contributed by atoms with van der Waals surface area (Å²) in [6.07, 6.45) is -0.936. The van der Waals surface area contributed by atoms with Gasteiger partial charge in [-0.25, -0.2) is 8.78 Å². The fourth-order valence-electron chi connectivity index (χ4n) is 1.27. The molecule has 8 heteroatoms. The zero-order valence-electron chi connectivity index (χ0n) is 10.9. The summed E-state index contributed by atoms with van der Waals surface area (Å²) in [5, 5.41) is 14.7. The largest absolute Gasteiger partial charge is 0.491 e. The van der Waals surface area contributed by atoms with Gasteiger partial charge in [-0.05, 0) is 19.2 Å². The third-order valence-corrected chi connectivity index (χ3v) is 2.21. The van der Waals surface area contributed by atoms with Crippen LogP contribution in [0.15, 0.2) is 18.2 Å². The lowest BCUT2D eigenvalue weighted by molar-refractivity contribution is -0.120. The van der Waals surface area contributed by atoms with Crippen molar-refractivity contribution in [2.45, 2.75) is 6.10 Å². The van der Waals surface area contributed by atoms with Crippen molar-refractivity contribution in [3.63, 3.8) is 0 Å². The first kappa shape index (κ1) is 18.6. The van der Waals surface area contributed by atoms with Gasteiger partial charge in [-0.3, -0.25) is 4.79 Å². The normalized spacial score (nSPS) is 11.4. The molecule has 0 radical (unpaired) electrons. The Morgan fingerprint density at radius 1 is 1.40 bits per heavy atom. The molecule has 0 bridgehead atoms. The maximum atomic E-state index is 12.9. The number of nitrogens with one attached hydrogen (secondary N) is 2. The van der Waals surface area contributed by atoms with E-state index in [-0.39, 0.29) is 43.8 Å². The highest BCUT2D eigenvalue weighted by atomic mass is 35.5. The average molecular weight is 311 g/mol. The fourth-order valence-corrected chi connectivity index (χ4v) is 1.27. The first-order chi connectivity index (χ1) is 9.02. The molecule has 0 saturated heterocycles. The number of likely N-dealkylation sites (N-methyl/N-ethyl adjacent to an activating group) is 1. The molecule has 1 unspecified atom stereocenters. The summed E-state index contributed by atoms with van der Waals surface area (Å²) in [5.74, 6) is -2.13. The second-order valence-electron chi connectivity index (χ2n) is 3.88. The summed E-state index contributed by atoms with van der Waals surface area (Å²) in [6.45, 7) is 0.0336. The zero-order valence-corrected chi connectivity index (χ0v) is 11.7. The molecule has 1 aromatic carbocycles. The van der Waals surface area contributed by atoms with E-state index in [2.05, 4.69) is 10.6 Å². The minimum Gasteiger partial charge on any atom is -0.491 e. The first-order valence-electron chi connectivity index (χ1n) is 5.70. The van der Waals surface area contributed by atoms with Crippen LogP contribution in [0.3, 0.4) is 0 Å². The summed E-state index contributed by atoms with van der Waals surface area (Å²) >= 11 is 0. The Hall–Kier alpha value is -1.44. The number of hydrogen-bond donors (Lipinski definition) is 3. The number of carbonyl (C=O) groups is 1. The number of benzene rings is 1. The van der Waals surface area contributed by atoms with E-state index in [0.717, 1.165) is 12.1 Å². The van der Waals surface area contributed by atoms with Gasteiger partial charge in [0.15, 0.2) is 11.6 Å². The molecule has 1 atom stereocenters. The van der Waals surface area contributed by atoms with Crippen molar-refractivity contribution < 1.29 is 23.4 Å². The molecule has 0 aliphatic heterocycles. The van der Waals surface area contributed by atoms with Crippen LogP contribution in [0.2, 0.25) is 0 Å². The van der Waals surface area contributed by atoms with E-state index in [9.17, 15) is 18.7 Å². The van der Waals surface area contributed by atoms with E-state index in [0.29, 0.717) is 0 Å². The molecule has 20 heavy (non-hydrogen) atoms. The van der Waals surface area contributed by atoms with Gasteiger partial charge >= 0.3 is 0 Å². The number of rotatable bonds is 7. The smallest absolute Gasteiger partial charge is 0.234 e. The number of amides is 1. The van der Waals surface area contributed by atoms with Crippen LogP contribution in [0, 0.1) is 11.6 Å². The highest BCUT2D eigenvalue weighted by Gasteiger charge is 2.09. The van der Waals surface area contributed by atoms with Crippen LogP contribution in [-0.4, -0.2) is 43.9 Å². The van der Waals surface area contributed by atoms with E-state index in [4.69, 9.17) is 4.74 Å². The third-order valence-electron chi connectivity index (χ3n) is 2.21. The minimum absolute atomic E-state index is 0. The highest BCUT2D eigenvalue weighted by Crippen LogP contribution is 2.15. The lowest BCUT2D eigenvalue weighted by atomic mass is 10.3. The minimum atomic E-state index is -1.02. The van der Waals surface area contributed by atoms with Crippen LogP contribution in [-0.2, 0) is 4.79 Å². The van der Waals surface area contributed by atoms with Crippen molar-refractivity contribution in [3.05, 3.63) is 29.8 Å². The summed E-state index contributed by atoms with van der Waals surface area (Å²) < 4.78 is 30.6. The molecular weight excluding hydrogens is 294 g/mol. The molecule has 0 aliphatic rings. The topological polar surface area (TPSA) is 70.6 Å². The Morgan fingerprint density at radius 3 is 2.70 bits per heavy atom. The standard InChI is InChI=1S/C12H16F2N2O3.ClH/c1-15-6-12(18)16-5-8(17)7-19-9-2-3-10(13)11(14)4-9;/h2-4,8,15,17H,5-7H2,1H3,(H,16,18);1H. The van der Waals surface area contributed by atoms with E-state index >= 15 is 0 Å². The molecule has 1 aromatic rings. The van der Waals surface area contributed by atoms with Crippen LogP contribution in [0.1, 0.15) is 0 Å². The predicted octanol–water partition coefficient (Wildman–Crippen LogP) is 0.462. The lowest BCUT2D eigenvalue weighted by Crippen LogP contribution is -2.39. The summed E-state index contributed by atoms with van der Waals surface area (Å²) in [6, 6.07) is 3.08. The van der Waals surface area contributed by atoms with Crippen molar-refractivity contribution in [3.8, 4) is 5.75 Å². The Balaban J connectivity index is 0.00000361. The van der Waals surface area contributed by atoms with Crippen LogP contribution in [0.5, 0.6) is 5.75 Å². The average Bonchev–Trinajstić information content (AvgIpc) is 2.38. The number of aliphatic hydroxyl groups excluding tert-OH is 1. The van der Waals surface area contributed by atoms with Crippen molar-refractivity contribution in [2.24, 2.45) is 0 Å². The highest BCUT2D eigenvalue weighted by molar-refractivity contribution is 5.85. The van der Waals surface area contributed by atoms with Crippen molar-refractivity contribution in [2.75, 3.05) is 26.7 Å². The lowest BCUT2D eigenvalue weighted by Gasteiger charge is -2.13. The van der Waals surface area contributed by atoms with Gasteiger partial charge in [0.25, 0.3) is 0 Å². The first-order valence-corrected chi connectivity index (χ1v) is 5.70. The predicted molar refractivity (Wildman–Crippen MR) is 72.0 cm³/mol. The molecule has 0 aromatic heterocycles. The molecule has 114 valence electrons. The van der Waals surface area contributed by atoms with Crippen molar-refractivity contribution >= 4 is 18.3 Å². The Morgan fingerprint density at radius 2 is 2.10 bits per heavy atom. The molecule has 0 saturated carbocycles. The van der Waals surface area contributed by atoms with Gasteiger partial charge in [0.1, 0.15) is 18.5 Å². The summed E-state index contributed by atoms with van der Waals surface area (Å²) in [7, 11) is 1.63. The Kier molecular flexibility index (Phi) is 8.78. The molecule has 1 rings (SSSR count). The second kappa shape index (κ2) is 9.46. The van der Waals surface area contributed by atoms with E-state index < -0.39 is 17.7 Å². The molecule has 1 amide bonds. The van der Waals surface area contributed by atoms with Crippen LogP contribution in [0.4, 0.5) is 8.78 Å². The van der Waals surface area contributed by atoms with Crippen molar-refractivity contribution in [1.82, 2.24) is 10.6 Å². The van der Waals surface area contributed by atoms with Gasteiger partial charge in [-0.1, -0.05) is 0 Å². The zero-order chi connectivity index (χ0) is 14.3. The molecular formula is C12H17ClF2N2O3. The van der Waals surface area contributed by atoms with E-state index in [1.54, 1.807) is 7.05 Å². The molecule has 0 spiro atoms. The molecule has 5 nitrogen and oxygen atoms in total. The van der Waals surface area contributed by atoms with E-state index in [1.165, 1.54) is 6.07 Å². The van der Waals surface area contributed by atoms with Gasteiger partial charge in [0, 0.05) is 12.6 Å². The van der Waals surface area contributed by atoms with Gasteiger partial charge in [-0.2, -0.15) is 0 Å². The van der Waals surface area contributed by atoms with Gasteiger partial charge < -0.3 is 20.5 Å². The van der Waals surface area contributed by atoms with E-state index in [1.807, 2.05) is 0 Å². The second-order valence-corrected chi connectivity index (χ2v) is 3.88. The molecule has 0 aliphatic carbocycles. The van der Waals surface area contributed by atoms with Crippen LogP contribution >= 0.6 is 12.4 Å². The number of hydrogen-bond acceptors (Lipinski definition) is 4. The number of aliphatic hydroxyl groups is 1. The number of ether oxygens (including phenoxy) is 1. The summed E-state index contributed by atoms with van der Waals surface area (Å²) in [5.41, 5.74) is 0. The fraction of sp³-hybridized carbons (Fsp3) is 0.417. The Bertz CT molecular complexity index is 435. The van der Waals surface area contributed by atoms with Crippen LogP contribution < -0.4 is 15.4 Å². The maximum Gasteiger partial charge on any atom is 0.234 e. The number of carbonyl (C=O) groups excluding carboxylic acids is 1. The third kappa shape index (κ3) is 6.65. The van der Waals surface area contributed by atoms with Gasteiger partial charge in [0.05, 0.1) is 6.54 Å². The van der Waals surface area contributed by atoms with Gasteiger partial charge in [0.2, 0.25) is 5.91 Å². The molecule has 3 N–H and O–H groups in total. The summed E-state index contributed by atoms with van der Waals surface area (Å²) in [4.78, 5) is 11.1. The monoisotopic (exact) mass is 310 g/mol. The van der Waals surface area contributed by atoms with Gasteiger partial charge in [-0.15, -0.1) is 12.4 Å². The molecule has 0 heterocycles. The number of halogens is 3. The van der Waals surface area contributed by atoms with Crippen LogP contribution in [0.25, 0.3) is 0 Å². The maximum absolute atomic E-state index is 12.9. The van der Waals surface area contributed by atoms with Crippen molar-refractivity contribution in [1.29, 1.82) is 0 Å². The SMILES string of the molecule is CNCC(=O)NCC(O)COc1ccc(F)c(F)c1.Cl. The Labute approximate surface area is 121 Å².